The summed E-state index contributed by atoms with van der Waals surface area (Å²) in [6.07, 6.45) is 0.959. The standard InChI is InChI=1S/C29H30N4O4S2/c1-33(2)16-15-19-7-13-24-20(17-19)8-14-26-27(24)31-29(38-26)32-39(35,36)23-11-9-22(10-12-23)30-18-21-5-4-6-25(37-3)28(21)34/h4-14,17,30,34H,15-16,18H2,1-3H3,(H,31,32). The summed E-state index contributed by atoms with van der Waals surface area (Å²) in [5.74, 6) is 0.471. The van der Waals surface area contributed by atoms with Gasteiger partial charge < -0.3 is 20.1 Å². The van der Waals surface area contributed by atoms with E-state index in [0.717, 1.165) is 34.0 Å². The molecule has 3 N–H and O–H groups in total. The van der Waals surface area contributed by atoms with Gasteiger partial charge in [0.25, 0.3) is 10.0 Å². The average molecular weight is 563 g/mol. The van der Waals surface area contributed by atoms with Gasteiger partial charge in [0.1, 0.15) is 0 Å². The van der Waals surface area contributed by atoms with E-state index in [1.807, 2.05) is 6.07 Å². The molecule has 10 heteroatoms. The number of hydrogen-bond acceptors (Lipinski definition) is 8. The van der Waals surface area contributed by atoms with Crippen molar-refractivity contribution >= 4 is 53.2 Å². The molecule has 0 amide bonds. The number of likely N-dealkylation sites (N-methyl/N-ethyl adjacent to an activating group) is 1. The SMILES string of the molecule is COc1cccc(CNc2ccc(S(=O)(=O)Nc3nc4c(ccc5cc(CCN(C)C)ccc54)s3)cc2)c1O. The molecule has 39 heavy (non-hydrogen) atoms. The largest absolute Gasteiger partial charge is 0.504 e. The molecule has 0 fully saturated rings. The van der Waals surface area contributed by atoms with Crippen LogP contribution < -0.4 is 14.8 Å². The number of nitrogens with zero attached hydrogens (tertiary/aromatic N) is 2. The van der Waals surface area contributed by atoms with E-state index in [2.05, 4.69) is 58.3 Å². The number of aromatic hydroxyl groups is 1. The van der Waals surface area contributed by atoms with Crippen molar-refractivity contribution in [1.29, 1.82) is 0 Å². The number of fused-ring (bicyclic) bond motifs is 3. The summed E-state index contributed by atoms with van der Waals surface area (Å²) in [6, 6.07) is 22.1. The molecule has 0 bridgehead atoms. The number of benzene rings is 4. The van der Waals surface area contributed by atoms with Crippen LogP contribution in [0.2, 0.25) is 0 Å². The Morgan fingerprint density at radius 3 is 2.56 bits per heavy atom. The molecule has 0 saturated carbocycles. The number of rotatable bonds is 10. The van der Waals surface area contributed by atoms with E-state index in [-0.39, 0.29) is 10.6 Å². The van der Waals surface area contributed by atoms with E-state index in [4.69, 9.17) is 4.74 Å². The molecule has 0 atom stereocenters. The molecule has 202 valence electrons. The third-order valence-electron chi connectivity index (χ3n) is 6.46. The van der Waals surface area contributed by atoms with Gasteiger partial charge in [-0.05, 0) is 67.9 Å². The number of aromatic nitrogens is 1. The first-order valence-corrected chi connectivity index (χ1v) is 14.7. The van der Waals surface area contributed by atoms with Crippen molar-refractivity contribution in [1.82, 2.24) is 9.88 Å². The quantitative estimate of drug-likeness (QED) is 0.201. The molecule has 0 aliphatic carbocycles. The van der Waals surface area contributed by atoms with Crippen LogP contribution in [0, 0.1) is 0 Å². The Kier molecular flexibility index (Phi) is 7.60. The molecule has 0 aliphatic heterocycles. The van der Waals surface area contributed by atoms with Crippen LogP contribution in [0.15, 0.2) is 77.7 Å². The number of thiazole rings is 1. The lowest BCUT2D eigenvalue weighted by atomic mass is 10.0. The molecule has 5 aromatic rings. The van der Waals surface area contributed by atoms with Crippen LogP contribution in [-0.2, 0) is 23.0 Å². The van der Waals surface area contributed by atoms with Crippen molar-refractivity contribution < 1.29 is 18.3 Å². The number of methoxy groups -OCH3 is 1. The molecule has 4 aromatic carbocycles. The molecular formula is C29H30N4O4S2. The summed E-state index contributed by atoms with van der Waals surface area (Å²) in [7, 11) is 1.79. The van der Waals surface area contributed by atoms with Crippen molar-refractivity contribution in [3.63, 3.8) is 0 Å². The van der Waals surface area contributed by atoms with Gasteiger partial charge in [0, 0.05) is 29.7 Å². The zero-order chi connectivity index (χ0) is 27.6. The van der Waals surface area contributed by atoms with Gasteiger partial charge in [0.2, 0.25) is 0 Å². The predicted molar refractivity (Wildman–Crippen MR) is 159 cm³/mol. The Morgan fingerprint density at radius 1 is 1.03 bits per heavy atom. The molecule has 5 rings (SSSR count). The summed E-state index contributed by atoms with van der Waals surface area (Å²) in [4.78, 5) is 6.92. The third-order valence-corrected chi connectivity index (χ3v) is 8.88. The zero-order valence-corrected chi connectivity index (χ0v) is 23.6. The van der Waals surface area contributed by atoms with Gasteiger partial charge in [0.15, 0.2) is 16.6 Å². The highest BCUT2D eigenvalue weighted by atomic mass is 32.2. The fraction of sp³-hybridized carbons (Fsp3) is 0.207. The Morgan fingerprint density at radius 2 is 1.82 bits per heavy atom. The topological polar surface area (TPSA) is 104 Å². The second-order valence-corrected chi connectivity index (χ2v) is 12.2. The van der Waals surface area contributed by atoms with Crippen LogP contribution >= 0.6 is 11.3 Å². The van der Waals surface area contributed by atoms with Crippen molar-refractivity contribution in [2.75, 3.05) is 37.8 Å². The van der Waals surface area contributed by atoms with Crippen LogP contribution in [0.3, 0.4) is 0 Å². The van der Waals surface area contributed by atoms with Gasteiger partial charge in [-0.25, -0.2) is 13.4 Å². The van der Waals surface area contributed by atoms with E-state index in [9.17, 15) is 13.5 Å². The van der Waals surface area contributed by atoms with Gasteiger partial charge in [0.05, 0.1) is 22.2 Å². The van der Waals surface area contributed by atoms with E-state index in [1.165, 1.54) is 36.1 Å². The van der Waals surface area contributed by atoms with E-state index < -0.39 is 10.0 Å². The van der Waals surface area contributed by atoms with Crippen LogP contribution in [0.5, 0.6) is 11.5 Å². The maximum Gasteiger partial charge on any atom is 0.263 e. The van der Waals surface area contributed by atoms with Crippen LogP contribution in [0.1, 0.15) is 11.1 Å². The summed E-state index contributed by atoms with van der Waals surface area (Å²) in [5.41, 5.74) is 3.42. The first-order chi connectivity index (χ1) is 18.7. The lowest BCUT2D eigenvalue weighted by Crippen LogP contribution is -2.14. The molecule has 0 unspecified atom stereocenters. The predicted octanol–water partition coefficient (Wildman–Crippen LogP) is 5.68. The molecule has 0 saturated heterocycles. The van der Waals surface area contributed by atoms with Gasteiger partial charge >= 0.3 is 0 Å². The minimum atomic E-state index is -3.83. The highest BCUT2D eigenvalue weighted by Gasteiger charge is 2.18. The van der Waals surface area contributed by atoms with Crippen LogP contribution in [-0.4, -0.2) is 51.2 Å². The number of phenols is 1. The Labute approximate surface area is 231 Å². The molecular weight excluding hydrogens is 532 g/mol. The fourth-order valence-corrected chi connectivity index (χ4v) is 6.44. The first-order valence-electron chi connectivity index (χ1n) is 12.4. The summed E-state index contributed by atoms with van der Waals surface area (Å²) < 4.78 is 34.9. The number of phenolic OH excluding ortho intramolecular Hbond substituents is 1. The highest BCUT2D eigenvalue weighted by Crippen LogP contribution is 2.34. The summed E-state index contributed by atoms with van der Waals surface area (Å²) >= 11 is 1.31. The Hall–Kier alpha value is -3.86. The minimum Gasteiger partial charge on any atom is -0.504 e. The molecule has 0 radical (unpaired) electrons. The van der Waals surface area contributed by atoms with Gasteiger partial charge in [-0.1, -0.05) is 47.7 Å². The lowest BCUT2D eigenvalue weighted by Gasteiger charge is -2.11. The number of anilines is 2. The van der Waals surface area contributed by atoms with Crippen LogP contribution in [0.25, 0.3) is 21.0 Å². The normalized spacial score (nSPS) is 11.8. The molecule has 0 aliphatic rings. The average Bonchev–Trinajstić information content (AvgIpc) is 3.33. The molecule has 1 heterocycles. The number of sulfonamides is 1. The Balaban J connectivity index is 1.30. The van der Waals surface area contributed by atoms with Gasteiger partial charge in [-0.3, -0.25) is 4.72 Å². The number of ether oxygens (including phenoxy) is 1. The van der Waals surface area contributed by atoms with Gasteiger partial charge in [-0.15, -0.1) is 0 Å². The van der Waals surface area contributed by atoms with Crippen molar-refractivity contribution in [2.24, 2.45) is 0 Å². The van der Waals surface area contributed by atoms with Gasteiger partial charge in [-0.2, -0.15) is 0 Å². The second-order valence-electron chi connectivity index (χ2n) is 9.49. The molecule has 1 aromatic heterocycles. The van der Waals surface area contributed by atoms with Crippen molar-refractivity contribution in [3.8, 4) is 11.5 Å². The second kappa shape index (κ2) is 11.1. The first kappa shape index (κ1) is 26.7. The maximum absolute atomic E-state index is 13.1. The number of hydrogen-bond donors (Lipinski definition) is 3. The maximum atomic E-state index is 13.1. The fourth-order valence-electron chi connectivity index (χ4n) is 4.32. The number of para-hydroxylation sites is 1. The summed E-state index contributed by atoms with van der Waals surface area (Å²) in [5, 5.41) is 15.9. The van der Waals surface area contributed by atoms with E-state index in [0.29, 0.717) is 28.7 Å². The smallest absolute Gasteiger partial charge is 0.263 e. The number of nitrogens with one attached hydrogen (secondary N) is 2. The molecule has 8 nitrogen and oxygen atoms in total. The monoisotopic (exact) mass is 562 g/mol. The lowest BCUT2D eigenvalue weighted by molar-refractivity contribution is 0.371. The molecule has 0 spiro atoms. The van der Waals surface area contributed by atoms with Crippen molar-refractivity contribution in [3.05, 3.63) is 83.9 Å². The zero-order valence-electron chi connectivity index (χ0n) is 21.9. The minimum absolute atomic E-state index is 0.0734. The van der Waals surface area contributed by atoms with E-state index >= 15 is 0 Å². The van der Waals surface area contributed by atoms with Crippen LogP contribution in [0.4, 0.5) is 10.8 Å². The van der Waals surface area contributed by atoms with Crippen molar-refractivity contribution in [2.45, 2.75) is 17.9 Å². The highest BCUT2D eigenvalue weighted by molar-refractivity contribution is 7.93. The third kappa shape index (κ3) is 5.93. The summed E-state index contributed by atoms with van der Waals surface area (Å²) in [6.45, 7) is 1.32. The Bertz CT molecular complexity index is 1730. The van der Waals surface area contributed by atoms with E-state index in [1.54, 1.807) is 30.3 Å².